The van der Waals surface area contributed by atoms with Gasteiger partial charge in [0.1, 0.15) is 5.75 Å². The highest BCUT2D eigenvalue weighted by molar-refractivity contribution is 5.94. The number of benzene rings is 1. The van der Waals surface area contributed by atoms with Gasteiger partial charge in [-0.3, -0.25) is 4.79 Å². The van der Waals surface area contributed by atoms with Gasteiger partial charge in [0, 0.05) is 12.1 Å². The highest BCUT2D eigenvalue weighted by Gasteiger charge is 2.18. The lowest BCUT2D eigenvalue weighted by molar-refractivity contribution is 0.0518. The molecule has 1 aromatic carbocycles. The largest absolute Gasteiger partial charge is 0.491 e. The summed E-state index contributed by atoms with van der Waals surface area (Å²) >= 11 is 0. The zero-order chi connectivity index (χ0) is 14.5. The highest BCUT2D eigenvalue weighted by Crippen LogP contribution is 2.14. The molecule has 0 fully saturated rings. The van der Waals surface area contributed by atoms with Crippen LogP contribution in [-0.2, 0) is 0 Å². The summed E-state index contributed by atoms with van der Waals surface area (Å²) in [4.78, 5) is 11.9. The van der Waals surface area contributed by atoms with Crippen LogP contribution in [0.15, 0.2) is 24.3 Å². The number of carbonyl (C=O) groups excluding carboxylic acids is 1. The summed E-state index contributed by atoms with van der Waals surface area (Å²) in [5.74, 6) is 0.553. The minimum atomic E-state index is -0.865. The summed E-state index contributed by atoms with van der Waals surface area (Å²) in [5.41, 5.74) is -0.306. The van der Waals surface area contributed by atoms with E-state index in [2.05, 4.69) is 5.32 Å². The maximum absolute atomic E-state index is 11.9. The minimum Gasteiger partial charge on any atom is -0.491 e. The quantitative estimate of drug-likeness (QED) is 0.830. The Morgan fingerprint density at radius 3 is 2.42 bits per heavy atom. The van der Waals surface area contributed by atoms with Crippen molar-refractivity contribution in [2.45, 2.75) is 45.8 Å². The molecule has 1 amide bonds. The van der Waals surface area contributed by atoms with Crippen molar-refractivity contribution in [2.75, 3.05) is 6.54 Å². The van der Waals surface area contributed by atoms with Crippen molar-refractivity contribution in [1.82, 2.24) is 5.32 Å². The Hall–Kier alpha value is -1.55. The maximum atomic E-state index is 11.9. The third kappa shape index (κ3) is 5.30. The first-order valence-corrected chi connectivity index (χ1v) is 6.61. The fourth-order valence-electron chi connectivity index (χ4n) is 1.45. The molecule has 1 rings (SSSR count). The van der Waals surface area contributed by atoms with Crippen LogP contribution in [0.25, 0.3) is 0 Å². The van der Waals surface area contributed by atoms with Gasteiger partial charge in [-0.1, -0.05) is 6.92 Å². The molecule has 0 spiro atoms. The van der Waals surface area contributed by atoms with Gasteiger partial charge in [-0.25, -0.2) is 0 Å². The van der Waals surface area contributed by atoms with E-state index in [9.17, 15) is 9.90 Å². The third-order valence-electron chi connectivity index (χ3n) is 2.88. The van der Waals surface area contributed by atoms with Gasteiger partial charge in [0.15, 0.2) is 0 Å². The molecular weight excluding hydrogens is 242 g/mol. The molecule has 0 aromatic heterocycles. The second-order valence-corrected chi connectivity index (χ2v) is 5.22. The Labute approximate surface area is 114 Å². The Morgan fingerprint density at radius 2 is 1.95 bits per heavy atom. The van der Waals surface area contributed by atoms with E-state index >= 15 is 0 Å². The van der Waals surface area contributed by atoms with Crippen molar-refractivity contribution in [2.24, 2.45) is 0 Å². The van der Waals surface area contributed by atoms with Crippen LogP contribution >= 0.6 is 0 Å². The van der Waals surface area contributed by atoms with Crippen LogP contribution in [0, 0.1) is 0 Å². The van der Waals surface area contributed by atoms with Gasteiger partial charge in [0.25, 0.3) is 5.91 Å². The van der Waals surface area contributed by atoms with Gasteiger partial charge < -0.3 is 15.2 Å². The van der Waals surface area contributed by atoms with E-state index in [1.807, 2.05) is 20.8 Å². The number of carbonyl (C=O) groups is 1. The molecule has 4 heteroatoms. The Bertz CT molecular complexity index is 410. The molecule has 0 saturated carbocycles. The molecule has 1 atom stereocenters. The van der Waals surface area contributed by atoms with Crippen molar-refractivity contribution in [3.8, 4) is 5.75 Å². The normalized spacial score (nSPS) is 14.0. The first-order chi connectivity index (χ1) is 8.84. The lowest BCUT2D eigenvalue weighted by Gasteiger charge is -2.21. The summed E-state index contributed by atoms with van der Waals surface area (Å²) in [6.07, 6.45) is 0.702. The molecule has 0 heterocycles. The fourth-order valence-corrected chi connectivity index (χ4v) is 1.45. The SMILES string of the molecule is CCC(C)(O)CNC(=O)c1ccc(OC(C)C)cc1. The summed E-state index contributed by atoms with van der Waals surface area (Å²) < 4.78 is 5.51. The monoisotopic (exact) mass is 265 g/mol. The molecular formula is C15H23NO3. The fraction of sp³-hybridized carbons (Fsp3) is 0.533. The van der Waals surface area contributed by atoms with Crippen LogP contribution in [-0.4, -0.2) is 29.3 Å². The molecule has 2 N–H and O–H groups in total. The van der Waals surface area contributed by atoms with Crippen molar-refractivity contribution in [3.63, 3.8) is 0 Å². The Morgan fingerprint density at radius 1 is 1.37 bits per heavy atom. The van der Waals surface area contributed by atoms with Crippen LogP contribution < -0.4 is 10.1 Å². The number of rotatable bonds is 6. The van der Waals surface area contributed by atoms with Crippen molar-refractivity contribution >= 4 is 5.91 Å². The van der Waals surface area contributed by atoms with E-state index in [4.69, 9.17) is 4.74 Å². The van der Waals surface area contributed by atoms with Gasteiger partial charge in [-0.05, 0) is 51.5 Å². The average Bonchev–Trinajstić information content (AvgIpc) is 2.36. The zero-order valence-corrected chi connectivity index (χ0v) is 12.1. The molecule has 0 saturated heterocycles. The van der Waals surface area contributed by atoms with Crippen LogP contribution in [0.2, 0.25) is 0 Å². The summed E-state index contributed by atoms with van der Waals surface area (Å²) in [5, 5.41) is 12.5. The Kier molecular flexibility index (Phi) is 5.36. The lowest BCUT2D eigenvalue weighted by atomic mass is 10.0. The highest BCUT2D eigenvalue weighted by atomic mass is 16.5. The molecule has 1 unspecified atom stereocenters. The summed E-state index contributed by atoms with van der Waals surface area (Å²) in [6, 6.07) is 6.97. The van der Waals surface area contributed by atoms with E-state index in [1.54, 1.807) is 31.2 Å². The number of nitrogens with one attached hydrogen (secondary N) is 1. The smallest absolute Gasteiger partial charge is 0.251 e. The molecule has 0 aliphatic rings. The zero-order valence-electron chi connectivity index (χ0n) is 12.1. The van der Waals surface area contributed by atoms with Gasteiger partial charge >= 0.3 is 0 Å². The molecule has 0 radical (unpaired) electrons. The van der Waals surface area contributed by atoms with Gasteiger partial charge in [0.05, 0.1) is 11.7 Å². The predicted molar refractivity (Wildman–Crippen MR) is 75.5 cm³/mol. The van der Waals surface area contributed by atoms with E-state index in [-0.39, 0.29) is 18.6 Å². The second-order valence-electron chi connectivity index (χ2n) is 5.22. The molecule has 1 aromatic rings. The van der Waals surface area contributed by atoms with Gasteiger partial charge in [-0.15, -0.1) is 0 Å². The maximum Gasteiger partial charge on any atom is 0.251 e. The number of hydrogen-bond donors (Lipinski definition) is 2. The molecule has 0 bridgehead atoms. The van der Waals surface area contributed by atoms with Crippen LogP contribution in [0.4, 0.5) is 0 Å². The average molecular weight is 265 g/mol. The molecule has 4 nitrogen and oxygen atoms in total. The standard InChI is InChI=1S/C15H23NO3/c1-5-15(4,18)10-16-14(17)12-6-8-13(9-7-12)19-11(2)3/h6-9,11,18H,5,10H2,1-4H3,(H,16,17). The van der Waals surface area contributed by atoms with Gasteiger partial charge in [-0.2, -0.15) is 0 Å². The van der Waals surface area contributed by atoms with Crippen LogP contribution in [0.3, 0.4) is 0 Å². The van der Waals surface area contributed by atoms with Crippen LogP contribution in [0.5, 0.6) is 5.75 Å². The van der Waals surface area contributed by atoms with Crippen molar-refractivity contribution < 1.29 is 14.6 Å². The van der Waals surface area contributed by atoms with E-state index in [0.717, 1.165) is 5.75 Å². The number of aliphatic hydroxyl groups is 1. The van der Waals surface area contributed by atoms with E-state index in [1.165, 1.54) is 0 Å². The topological polar surface area (TPSA) is 58.6 Å². The first-order valence-electron chi connectivity index (χ1n) is 6.61. The molecule has 0 aliphatic heterocycles. The molecule has 19 heavy (non-hydrogen) atoms. The third-order valence-corrected chi connectivity index (χ3v) is 2.88. The minimum absolute atomic E-state index is 0.110. The summed E-state index contributed by atoms with van der Waals surface area (Å²) in [7, 11) is 0. The molecule has 0 aliphatic carbocycles. The van der Waals surface area contributed by atoms with E-state index < -0.39 is 5.60 Å². The second kappa shape index (κ2) is 6.57. The number of hydrogen-bond acceptors (Lipinski definition) is 3. The van der Waals surface area contributed by atoms with Crippen LogP contribution in [0.1, 0.15) is 44.5 Å². The predicted octanol–water partition coefficient (Wildman–Crippen LogP) is 2.36. The lowest BCUT2D eigenvalue weighted by Crippen LogP contribution is -2.40. The Balaban J connectivity index is 2.58. The van der Waals surface area contributed by atoms with E-state index in [0.29, 0.717) is 12.0 Å². The number of ether oxygens (including phenoxy) is 1. The van der Waals surface area contributed by atoms with Crippen molar-refractivity contribution in [1.29, 1.82) is 0 Å². The summed E-state index contributed by atoms with van der Waals surface area (Å²) in [6.45, 7) is 7.73. The van der Waals surface area contributed by atoms with Gasteiger partial charge in [0.2, 0.25) is 0 Å². The number of amides is 1. The molecule has 106 valence electrons. The first kappa shape index (κ1) is 15.5. The van der Waals surface area contributed by atoms with Crippen molar-refractivity contribution in [3.05, 3.63) is 29.8 Å².